The molecule has 2 saturated heterocycles. The number of thiophene rings is 1. The molecule has 2 aromatic heterocycles. The molecule has 29 heavy (non-hydrogen) atoms. The Labute approximate surface area is 173 Å². The Kier molecular flexibility index (Phi) is 4.83. The van der Waals surface area contributed by atoms with E-state index in [4.69, 9.17) is 4.98 Å². The highest BCUT2D eigenvalue weighted by Gasteiger charge is 2.37. The van der Waals surface area contributed by atoms with Crippen molar-refractivity contribution < 1.29 is 9.59 Å². The minimum absolute atomic E-state index is 0.00707. The Hall–Kier alpha value is -2.67. The van der Waals surface area contributed by atoms with Gasteiger partial charge in [0.15, 0.2) is 0 Å². The molecule has 2 amide bonds. The number of benzene rings is 1. The van der Waals surface area contributed by atoms with Crippen LogP contribution in [0.4, 0.5) is 0 Å². The van der Waals surface area contributed by atoms with Crippen molar-refractivity contribution in [3.05, 3.63) is 52.5 Å². The van der Waals surface area contributed by atoms with E-state index in [2.05, 4.69) is 4.98 Å². The van der Waals surface area contributed by atoms with E-state index < -0.39 is 0 Å². The molecule has 7 heteroatoms. The lowest BCUT2D eigenvalue weighted by molar-refractivity contribution is -0.138. The molecule has 1 unspecified atom stereocenters. The van der Waals surface area contributed by atoms with Crippen LogP contribution >= 0.6 is 11.3 Å². The van der Waals surface area contributed by atoms with Gasteiger partial charge in [0.2, 0.25) is 5.91 Å². The van der Waals surface area contributed by atoms with Crippen molar-refractivity contribution in [2.24, 2.45) is 5.92 Å². The number of rotatable bonds is 3. The molecule has 4 heterocycles. The molecule has 2 aliphatic rings. The number of carbonyl (C=O) groups excluding carboxylic acids is 2. The molecule has 1 atom stereocenters. The van der Waals surface area contributed by atoms with Crippen molar-refractivity contribution in [3.63, 3.8) is 0 Å². The minimum Gasteiger partial charge on any atom is -0.340 e. The maximum atomic E-state index is 13.3. The first kappa shape index (κ1) is 18.4. The van der Waals surface area contributed by atoms with Crippen LogP contribution in [0.2, 0.25) is 0 Å². The molecular weight excluding hydrogens is 384 g/mol. The summed E-state index contributed by atoms with van der Waals surface area (Å²) in [4.78, 5) is 38.6. The van der Waals surface area contributed by atoms with Crippen LogP contribution in [0.15, 0.2) is 41.8 Å². The van der Waals surface area contributed by atoms with E-state index in [1.54, 1.807) is 0 Å². The number of hydrogen-bond acceptors (Lipinski definition) is 4. The maximum Gasteiger partial charge on any atom is 0.263 e. The van der Waals surface area contributed by atoms with Crippen LogP contribution in [-0.2, 0) is 4.79 Å². The lowest BCUT2D eigenvalue weighted by atomic mass is 9.94. The van der Waals surface area contributed by atoms with E-state index in [0.717, 1.165) is 54.0 Å². The fraction of sp³-hybridized carbons (Fsp3) is 0.409. The summed E-state index contributed by atoms with van der Waals surface area (Å²) >= 11 is 1.47. The van der Waals surface area contributed by atoms with Crippen molar-refractivity contribution in [1.29, 1.82) is 0 Å². The summed E-state index contributed by atoms with van der Waals surface area (Å²) in [5.41, 5.74) is 1.96. The van der Waals surface area contributed by atoms with Gasteiger partial charge in [-0.05, 0) is 49.3 Å². The van der Waals surface area contributed by atoms with E-state index in [9.17, 15) is 9.59 Å². The minimum atomic E-state index is -0.00707. The summed E-state index contributed by atoms with van der Waals surface area (Å²) in [6.07, 6.45) is 3.42. The molecule has 2 aliphatic heterocycles. The molecule has 6 nitrogen and oxygen atoms in total. The first-order valence-corrected chi connectivity index (χ1v) is 11.2. The summed E-state index contributed by atoms with van der Waals surface area (Å²) in [6.45, 7) is 2.08. The number of aromatic amines is 1. The normalized spacial score (nSPS) is 20.5. The number of piperidine rings is 1. The predicted octanol–water partition coefficient (Wildman–Crippen LogP) is 3.84. The van der Waals surface area contributed by atoms with Crippen LogP contribution < -0.4 is 0 Å². The van der Waals surface area contributed by atoms with Crippen LogP contribution in [0.25, 0.3) is 11.0 Å². The summed E-state index contributed by atoms with van der Waals surface area (Å²) in [5, 5.41) is 1.93. The van der Waals surface area contributed by atoms with Crippen molar-refractivity contribution in [1.82, 2.24) is 19.8 Å². The fourth-order valence-corrected chi connectivity index (χ4v) is 5.26. The number of aromatic nitrogens is 2. The number of H-pyrrole nitrogens is 1. The van der Waals surface area contributed by atoms with E-state index in [1.807, 2.05) is 51.6 Å². The van der Waals surface area contributed by atoms with Gasteiger partial charge >= 0.3 is 0 Å². The predicted molar refractivity (Wildman–Crippen MR) is 113 cm³/mol. The molecule has 0 radical (unpaired) electrons. The zero-order valence-electron chi connectivity index (χ0n) is 16.2. The monoisotopic (exact) mass is 408 g/mol. The van der Waals surface area contributed by atoms with E-state index in [0.29, 0.717) is 13.1 Å². The Bertz CT molecular complexity index is 988. The third-order valence-corrected chi connectivity index (χ3v) is 6.98. The number of hydrogen-bond donors (Lipinski definition) is 1. The van der Waals surface area contributed by atoms with Crippen LogP contribution in [-0.4, -0.2) is 51.2 Å². The highest BCUT2D eigenvalue weighted by Crippen LogP contribution is 2.34. The molecule has 2 fully saturated rings. The van der Waals surface area contributed by atoms with E-state index in [-0.39, 0.29) is 23.8 Å². The molecule has 0 aliphatic carbocycles. The fourth-order valence-electron chi connectivity index (χ4n) is 4.57. The molecule has 1 N–H and O–H groups in total. The topological polar surface area (TPSA) is 69.3 Å². The molecule has 1 aromatic carbocycles. The zero-order chi connectivity index (χ0) is 19.8. The van der Waals surface area contributed by atoms with E-state index in [1.165, 1.54) is 11.3 Å². The highest BCUT2D eigenvalue weighted by atomic mass is 32.1. The Morgan fingerprint density at radius 3 is 2.62 bits per heavy atom. The van der Waals surface area contributed by atoms with Gasteiger partial charge in [-0.1, -0.05) is 18.2 Å². The maximum absolute atomic E-state index is 13.3. The number of fused-ring (bicyclic) bond motifs is 1. The number of nitrogens with one attached hydrogen (secondary N) is 1. The molecule has 150 valence electrons. The Balaban J connectivity index is 1.26. The second-order valence-electron chi connectivity index (χ2n) is 7.87. The lowest BCUT2D eigenvalue weighted by Gasteiger charge is -2.34. The van der Waals surface area contributed by atoms with Gasteiger partial charge in [0, 0.05) is 25.6 Å². The number of para-hydroxylation sites is 2. The molecule has 5 rings (SSSR count). The van der Waals surface area contributed by atoms with Crippen molar-refractivity contribution >= 4 is 34.2 Å². The summed E-state index contributed by atoms with van der Waals surface area (Å²) < 4.78 is 0. The van der Waals surface area contributed by atoms with Crippen molar-refractivity contribution in [3.8, 4) is 0 Å². The van der Waals surface area contributed by atoms with Gasteiger partial charge in [-0.25, -0.2) is 4.98 Å². The third kappa shape index (κ3) is 3.44. The average Bonchev–Trinajstić information content (AvgIpc) is 3.52. The molecule has 0 bridgehead atoms. The summed E-state index contributed by atoms with van der Waals surface area (Å²) in [5.74, 6) is 1.19. The zero-order valence-corrected chi connectivity index (χ0v) is 17.0. The van der Waals surface area contributed by atoms with Gasteiger partial charge in [0.05, 0.1) is 22.0 Å². The van der Waals surface area contributed by atoms with Gasteiger partial charge in [0.25, 0.3) is 5.91 Å². The summed E-state index contributed by atoms with van der Waals surface area (Å²) in [6, 6.07) is 11.8. The second kappa shape index (κ2) is 7.63. The van der Waals surface area contributed by atoms with Crippen LogP contribution in [0.1, 0.15) is 47.2 Å². The lowest BCUT2D eigenvalue weighted by Crippen LogP contribution is -2.44. The smallest absolute Gasteiger partial charge is 0.263 e. The molecule has 0 saturated carbocycles. The van der Waals surface area contributed by atoms with Crippen molar-refractivity contribution in [2.75, 3.05) is 19.6 Å². The molecule has 0 spiro atoms. The molecule has 3 aromatic rings. The number of imidazole rings is 1. The standard InChI is InChI=1S/C22H24N4O2S/c27-21(15-9-12-25(13-10-15)22(28)19-8-4-14-29-19)26-11-3-7-18(26)20-23-16-5-1-2-6-17(16)24-20/h1-2,4-6,8,14-15,18H,3,7,9-13H2,(H,23,24). The summed E-state index contributed by atoms with van der Waals surface area (Å²) in [7, 11) is 0. The number of likely N-dealkylation sites (tertiary alicyclic amines) is 2. The van der Waals surface area contributed by atoms with Crippen molar-refractivity contribution in [2.45, 2.75) is 31.7 Å². The van der Waals surface area contributed by atoms with Crippen LogP contribution in [0.5, 0.6) is 0 Å². The van der Waals surface area contributed by atoms with E-state index >= 15 is 0 Å². The molecular formula is C22H24N4O2S. The largest absolute Gasteiger partial charge is 0.340 e. The SMILES string of the molecule is O=C(c1cccs1)N1CCC(C(=O)N2CCCC2c2nc3ccccc3[nH]2)CC1. The second-order valence-corrected chi connectivity index (χ2v) is 8.82. The Morgan fingerprint density at radius 1 is 1.03 bits per heavy atom. The highest BCUT2D eigenvalue weighted by molar-refractivity contribution is 7.12. The first-order chi connectivity index (χ1) is 14.2. The quantitative estimate of drug-likeness (QED) is 0.716. The third-order valence-electron chi connectivity index (χ3n) is 6.12. The first-order valence-electron chi connectivity index (χ1n) is 10.3. The van der Waals surface area contributed by atoms with Gasteiger partial charge in [0.1, 0.15) is 5.82 Å². The number of amides is 2. The average molecular weight is 409 g/mol. The number of carbonyl (C=O) groups is 2. The van der Waals surface area contributed by atoms with Gasteiger partial charge in [-0.3, -0.25) is 9.59 Å². The van der Waals surface area contributed by atoms with Gasteiger partial charge in [-0.15, -0.1) is 11.3 Å². The van der Waals surface area contributed by atoms with Gasteiger partial charge in [-0.2, -0.15) is 0 Å². The van der Waals surface area contributed by atoms with Gasteiger partial charge < -0.3 is 14.8 Å². The van der Waals surface area contributed by atoms with Crippen LogP contribution in [0.3, 0.4) is 0 Å². The Morgan fingerprint density at radius 2 is 1.86 bits per heavy atom. The number of nitrogens with zero attached hydrogens (tertiary/aromatic N) is 3. The van der Waals surface area contributed by atoms with Crippen LogP contribution in [0, 0.1) is 5.92 Å².